The van der Waals surface area contributed by atoms with Crippen LogP contribution in [0.1, 0.15) is 25.3 Å². The molecule has 1 amide bonds. The summed E-state index contributed by atoms with van der Waals surface area (Å²) < 4.78 is 15.9. The zero-order valence-electron chi connectivity index (χ0n) is 16.3. The van der Waals surface area contributed by atoms with Gasteiger partial charge in [-0.15, -0.1) is 5.10 Å². The fraction of sp³-hybridized carbons (Fsp3) is 0.316. The third-order valence-corrected chi connectivity index (χ3v) is 4.90. The molecule has 0 saturated carbocycles. The minimum Gasteiger partial charge on any atom is -0.493 e. The molecule has 160 valence electrons. The van der Waals surface area contributed by atoms with Crippen molar-refractivity contribution >= 4 is 56.9 Å². The van der Waals surface area contributed by atoms with Gasteiger partial charge in [0.2, 0.25) is 0 Å². The molecule has 11 heteroatoms. The van der Waals surface area contributed by atoms with E-state index >= 15 is 0 Å². The maximum absolute atomic E-state index is 11.8. The van der Waals surface area contributed by atoms with E-state index in [-0.39, 0.29) is 22.5 Å². The first kappa shape index (κ1) is 23.6. The molecule has 0 radical (unpaired) electrons. The average Bonchev–Trinajstić information content (AvgIpc) is 3.05. The predicted molar refractivity (Wildman–Crippen MR) is 116 cm³/mol. The van der Waals surface area contributed by atoms with Gasteiger partial charge in [-0.05, 0) is 43.3 Å². The number of carbonyl (C=O) groups is 3. The first-order valence-electron chi connectivity index (χ1n) is 8.90. The van der Waals surface area contributed by atoms with Crippen molar-refractivity contribution in [3.05, 3.63) is 39.2 Å². The van der Waals surface area contributed by atoms with Crippen LogP contribution in [0.15, 0.2) is 43.9 Å². The van der Waals surface area contributed by atoms with Gasteiger partial charge in [0.05, 0.1) is 31.4 Å². The number of nitrogens with zero attached hydrogens (tertiary/aromatic N) is 2. The minimum atomic E-state index is -0.628. The number of rotatable bonds is 9. The highest BCUT2D eigenvalue weighted by atomic mass is 79.9. The lowest BCUT2D eigenvalue weighted by Gasteiger charge is -2.09. The van der Waals surface area contributed by atoms with Crippen molar-refractivity contribution in [1.29, 1.82) is 0 Å². The number of ether oxygens (including phenoxy) is 3. The summed E-state index contributed by atoms with van der Waals surface area (Å²) >= 11 is 4.37. The van der Waals surface area contributed by atoms with E-state index in [1.165, 1.54) is 13.3 Å². The standard InChI is InChI=1S/C19H20BrN3O6S/c1-3-28-16(24)5-4-8-29-14-7-6-13(20)9-12(14)11-21-23-19-22-18(26)15(30-19)10-17(25)27-2/h6-7,9-11H,3-5,8H2,1-2H3,(H,22,23,26)/b15-10+,21-11?. The second kappa shape index (κ2) is 12.1. The van der Waals surface area contributed by atoms with E-state index in [2.05, 4.69) is 36.2 Å². The van der Waals surface area contributed by atoms with Crippen molar-refractivity contribution in [3.8, 4) is 5.75 Å². The van der Waals surface area contributed by atoms with Crippen molar-refractivity contribution in [3.63, 3.8) is 0 Å². The topological polar surface area (TPSA) is 116 Å². The Hall–Kier alpha value is -2.66. The molecular weight excluding hydrogens is 478 g/mol. The summed E-state index contributed by atoms with van der Waals surface area (Å²) in [5.74, 6) is -0.768. The molecule has 1 aliphatic heterocycles. The van der Waals surface area contributed by atoms with Crippen LogP contribution in [0.2, 0.25) is 0 Å². The number of methoxy groups -OCH3 is 1. The van der Waals surface area contributed by atoms with Gasteiger partial charge in [0.1, 0.15) is 5.75 Å². The SMILES string of the molecule is CCOC(=O)CCCOc1ccc(Br)cc1C=N/N=C1/NC(=O)/C(=C\C(=O)OC)S1. The molecule has 1 fully saturated rings. The maximum atomic E-state index is 11.8. The zero-order chi connectivity index (χ0) is 21.9. The number of amides is 1. The molecule has 1 N–H and O–H groups in total. The number of benzene rings is 1. The van der Waals surface area contributed by atoms with Gasteiger partial charge in [-0.25, -0.2) is 4.79 Å². The fourth-order valence-electron chi connectivity index (χ4n) is 2.17. The van der Waals surface area contributed by atoms with Crippen LogP contribution < -0.4 is 10.1 Å². The fourth-order valence-corrected chi connectivity index (χ4v) is 3.29. The van der Waals surface area contributed by atoms with Gasteiger partial charge in [0.25, 0.3) is 5.91 Å². The smallest absolute Gasteiger partial charge is 0.331 e. The molecule has 0 aromatic heterocycles. The average molecular weight is 498 g/mol. The molecule has 30 heavy (non-hydrogen) atoms. The third-order valence-electron chi connectivity index (χ3n) is 3.51. The summed E-state index contributed by atoms with van der Waals surface area (Å²) in [6.07, 6.45) is 3.36. The first-order valence-corrected chi connectivity index (χ1v) is 10.5. The molecule has 0 atom stereocenters. The Labute approximate surface area is 186 Å². The molecule has 1 aromatic carbocycles. The number of amidine groups is 1. The number of halogens is 1. The first-order chi connectivity index (χ1) is 14.4. The monoisotopic (exact) mass is 497 g/mol. The minimum absolute atomic E-state index is 0.170. The third kappa shape index (κ3) is 7.64. The highest BCUT2D eigenvalue weighted by molar-refractivity contribution is 9.10. The Bertz CT molecular complexity index is 900. The van der Waals surface area contributed by atoms with Crippen LogP contribution in [0.25, 0.3) is 0 Å². The Balaban J connectivity index is 1.99. The van der Waals surface area contributed by atoms with Gasteiger partial charge < -0.3 is 14.2 Å². The molecule has 1 aromatic rings. The lowest BCUT2D eigenvalue weighted by atomic mass is 10.2. The largest absolute Gasteiger partial charge is 0.493 e. The summed E-state index contributed by atoms with van der Waals surface area (Å²) in [5, 5.41) is 10.7. The highest BCUT2D eigenvalue weighted by Gasteiger charge is 2.25. The van der Waals surface area contributed by atoms with E-state index in [0.29, 0.717) is 30.9 Å². The highest BCUT2D eigenvalue weighted by Crippen LogP contribution is 2.24. The summed E-state index contributed by atoms with van der Waals surface area (Å²) in [4.78, 5) is 34.6. The lowest BCUT2D eigenvalue weighted by Crippen LogP contribution is -2.19. The molecule has 0 unspecified atom stereocenters. The van der Waals surface area contributed by atoms with Crippen molar-refractivity contribution in [2.24, 2.45) is 10.2 Å². The Morgan fingerprint density at radius 3 is 2.87 bits per heavy atom. The molecule has 1 aliphatic rings. The van der Waals surface area contributed by atoms with Crippen LogP contribution in [0.5, 0.6) is 5.75 Å². The summed E-state index contributed by atoms with van der Waals surface area (Å²) in [5.41, 5.74) is 0.657. The molecular formula is C19H20BrN3O6S. The van der Waals surface area contributed by atoms with Gasteiger partial charge >= 0.3 is 11.9 Å². The quantitative estimate of drug-likeness (QED) is 0.183. The van der Waals surface area contributed by atoms with Gasteiger partial charge in [0.15, 0.2) is 5.17 Å². The van der Waals surface area contributed by atoms with E-state index in [0.717, 1.165) is 22.3 Å². The van der Waals surface area contributed by atoms with Gasteiger partial charge in [-0.1, -0.05) is 15.9 Å². The van der Waals surface area contributed by atoms with Gasteiger partial charge in [-0.3, -0.25) is 14.9 Å². The second-order valence-electron chi connectivity index (χ2n) is 5.68. The number of carbonyl (C=O) groups excluding carboxylic acids is 3. The number of hydrogen-bond acceptors (Lipinski definition) is 9. The van der Waals surface area contributed by atoms with Gasteiger partial charge in [0, 0.05) is 22.5 Å². The van der Waals surface area contributed by atoms with Crippen molar-refractivity contribution < 1.29 is 28.6 Å². The van der Waals surface area contributed by atoms with E-state index in [9.17, 15) is 14.4 Å². The number of hydrogen-bond donors (Lipinski definition) is 1. The van der Waals surface area contributed by atoms with Crippen LogP contribution in [0.4, 0.5) is 0 Å². The summed E-state index contributed by atoms with van der Waals surface area (Å²) in [6.45, 7) is 2.45. The summed E-state index contributed by atoms with van der Waals surface area (Å²) in [6, 6.07) is 5.39. The van der Waals surface area contributed by atoms with E-state index in [1.54, 1.807) is 19.1 Å². The van der Waals surface area contributed by atoms with Crippen LogP contribution >= 0.6 is 27.7 Å². The molecule has 1 saturated heterocycles. The Kier molecular flexibility index (Phi) is 9.55. The Morgan fingerprint density at radius 2 is 2.13 bits per heavy atom. The molecule has 0 bridgehead atoms. The van der Waals surface area contributed by atoms with Crippen molar-refractivity contribution in [2.75, 3.05) is 20.3 Å². The van der Waals surface area contributed by atoms with Crippen LogP contribution in [0.3, 0.4) is 0 Å². The predicted octanol–water partition coefficient (Wildman–Crippen LogP) is 2.78. The molecule has 0 aliphatic carbocycles. The van der Waals surface area contributed by atoms with Crippen molar-refractivity contribution in [2.45, 2.75) is 19.8 Å². The van der Waals surface area contributed by atoms with Crippen LogP contribution in [0, 0.1) is 0 Å². The van der Waals surface area contributed by atoms with E-state index in [1.807, 2.05) is 6.07 Å². The lowest BCUT2D eigenvalue weighted by molar-refractivity contribution is -0.143. The number of thioether (sulfide) groups is 1. The van der Waals surface area contributed by atoms with Gasteiger partial charge in [-0.2, -0.15) is 5.10 Å². The zero-order valence-corrected chi connectivity index (χ0v) is 18.7. The summed E-state index contributed by atoms with van der Waals surface area (Å²) in [7, 11) is 1.23. The number of nitrogens with one attached hydrogen (secondary N) is 1. The van der Waals surface area contributed by atoms with Crippen LogP contribution in [-0.2, 0) is 23.9 Å². The van der Waals surface area contributed by atoms with Crippen molar-refractivity contribution in [1.82, 2.24) is 5.32 Å². The molecule has 2 rings (SSSR count). The normalized spacial score (nSPS) is 16.2. The van der Waals surface area contributed by atoms with E-state index in [4.69, 9.17) is 9.47 Å². The second-order valence-corrected chi connectivity index (χ2v) is 7.62. The molecule has 0 spiro atoms. The van der Waals surface area contributed by atoms with Crippen LogP contribution in [-0.4, -0.2) is 49.6 Å². The number of esters is 2. The Morgan fingerprint density at radius 1 is 1.33 bits per heavy atom. The molecule has 1 heterocycles. The van der Waals surface area contributed by atoms with E-state index < -0.39 is 11.9 Å². The maximum Gasteiger partial charge on any atom is 0.331 e. The molecule has 9 nitrogen and oxygen atoms in total.